The zero-order chi connectivity index (χ0) is 12.2. The highest BCUT2D eigenvalue weighted by Crippen LogP contribution is 2.28. The molecule has 3 heteroatoms. The third-order valence-corrected chi connectivity index (χ3v) is 4.06. The Hall–Kier alpha value is -1.16. The SMILES string of the molecule is c1ccc(CC2COCC(c3cccs3)O2)cc1. The lowest BCUT2D eigenvalue weighted by Crippen LogP contribution is -2.32. The molecule has 3 rings (SSSR count). The number of benzene rings is 1. The Morgan fingerprint density at radius 1 is 1.06 bits per heavy atom. The molecule has 0 amide bonds. The Balaban J connectivity index is 1.64. The van der Waals surface area contributed by atoms with E-state index >= 15 is 0 Å². The summed E-state index contributed by atoms with van der Waals surface area (Å²) in [5, 5.41) is 2.08. The van der Waals surface area contributed by atoms with Crippen LogP contribution >= 0.6 is 11.3 Å². The van der Waals surface area contributed by atoms with Crippen molar-refractivity contribution in [3.05, 3.63) is 58.3 Å². The summed E-state index contributed by atoms with van der Waals surface area (Å²) in [5.74, 6) is 0. The van der Waals surface area contributed by atoms with Crippen LogP contribution < -0.4 is 0 Å². The molecule has 1 aliphatic rings. The van der Waals surface area contributed by atoms with Crippen molar-refractivity contribution >= 4 is 11.3 Å². The van der Waals surface area contributed by atoms with Crippen LogP contribution in [0, 0.1) is 0 Å². The number of rotatable bonds is 3. The summed E-state index contributed by atoms with van der Waals surface area (Å²) in [5.41, 5.74) is 1.30. The monoisotopic (exact) mass is 260 g/mol. The Morgan fingerprint density at radius 3 is 2.72 bits per heavy atom. The van der Waals surface area contributed by atoms with Crippen LogP contribution in [0.25, 0.3) is 0 Å². The summed E-state index contributed by atoms with van der Waals surface area (Å²) in [7, 11) is 0. The second-order valence-corrected chi connectivity index (χ2v) is 5.47. The second-order valence-electron chi connectivity index (χ2n) is 4.49. The van der Waals surface area contributed by atoms with Gasteiger partial charge in [-0.3, -0.25) is 0 Å². The summed E-state index contributed by atoms with van der Waals surface area (Å²) in [6.07, 6.45) is 1.18. The van der Waals surface area contributed by atoms with Gasteiger partial charge in [-0.1, -0.05) is 36.4 Å². The third kappa shape index (κ3) is 2.80. The Morgan fingerprint density at radius 2 is 1.94 bits per heavy atom. The molecule has 1 saturated heterocycles. The summed E-state index contributed by atoms with van der Waals surface area (Å²) in [6, 6.07) is 14.6. The van der Waals surface area contributed by atoms with Gasteiger partial charge in [0, 0.05) is 11.3 Å². The number of hydrogen-bond acceptors (Lipinski definition) is 3. The van der Waals surface area contributed by atoms with Gasteiger partial charge in [-0.05, 0) is 17.0 Å². The summed E-state index contributed by atoms with van der Waals surface area (Å²) < 4.78 is 11.8. The van der Waals surface area contributed by atoms with E-state index in [4.69, 9.17) is 9.47 Å². The molecule has 2 unspecified atom stereocenters. The standard InChI is InChI=1S/C15H16O2S/c1-2-5-12(6-3-1)9-13-10-16-11-14(17-13)15-7-4-8-18-15/h1-8,13-14H,9-11H2. The molecular formula is C15H16O2S. The predicted molar refractivity (Wildman–Crippen MR) is 72.9 cm³/mol. The van der Waals surface area contributed by atoms with E-state index in [1.54, 1.807) is 11.3 Å². The molecule has 0 bridgehead atoms. The van der Waals surface area contributed by atoms with Gasteiger partial charge < -0.3 is 9.47 Å². The molecule has 2 aromatic rings. The maximum Gasteiger partial charge on any atom is 0.115 e. The number of ether oxygens (including phenoxy) is 2. The molecule has 0 spiro atoms. The molecule has 2 nitrogen and oxygen atoms in total. The molecule has 2 atom stereocenters. The van der Waals surface area contributed by atoms with Crippen LogP contribution in [-0.4, -0.2) is 19.3 Å². The topological polar surface area (TPSA) is 18.5 Å². The Labute approximate surface area is 111 Å². The lowest BCUT2D eigenvalue weighted by Gasteiger charge is -2.29. The first kappa shape index (κ1) is 11.9. The van der Waals surface area contributed by atoms with Crippen LogP contribution in [0.1, 0.15) is 16.5 Å². The summed E-state index contributed by atoms with van der Waals surface area (Å²) >= 11 is 1.73. The van der Waals surface area contributed by atoms with Gasteiger partial charge in [0.15, 0.2) is 0 Å². The third-order valence-electron chi connectivity index (χ3n) is 3.10. The van der Waals surface area contributed by atoms with Crippen LogP contribution in [0.3, 0.4) is 0 Å². The lowest BCUT2D eigenvalue weighted by molar-refractivity contribution is -0.138. The largest absolute Gasteiger partial charge is 0.376 e. The smallest absolute Gasteiger partial charge is 0.115 e. The lowest BCUT2D eigenvalue weighted by atomic mass is 10.1. The van der Waals surface area contributed by atoms with Crippen molar-refractivity contribution in [3.63, 3.8) is 0 Å². The van der Waals surface area contributed by atoms with Crippen molar-refractivity contribution in [1.29, 1.82) is 0 Å². The van der Waals surface area contributed by atoms with Crippen LogP contribution in [0.5, 0.6) is 0 Å². The highest BCUT2D eigenvalue weighted by atomic mass is 32.1. The maximum atomic E-state index is 6.12. The number of hydrogen-bond donors (Lipinski definition) is 0. The van der Waals surface area contributed by atoms with E-state index < -0.39 is 0 Å². The molecule has 0 saturated carbocycles. The first-order valence-corrected chi connectivity index (χ1v) is 7.10. The first-order chi connectivity index (χ1) is 8.92. The molecule has 1 aromatic heterocycles. The van der Waals surface area contributed by atoms with Crippen molar-refractivity contribution in [2.75, 3.05) is 13.2 Å². The van der Waals surface area contributed by atoms with Crippen molar-refractivity contribution in [2.24, 2.45) is 0 Å². The summed E-state index contributed by atoms with van der Waals surface area (Å²) in [6.45, 7) is 1.36. The average Bonchev–Trinajstić information content (AvgIpc) is 2.94. The van der Waals surface area contributed by atoms with Gasteiger partial charge in [0.25, 0.3) is 0 Å². The highest BCUT2D eigenvalue weighted by molar-refractivity contribution is 7.10. The van der Waals surface area contributed by atoms with Gasteiger partial charge in [0.05, 0.1) is 19.3 Å². The van der Waals surface area contributed by atoms with Gasteiger partial charge in [-0.15, -0.1) is 11.3 Å². The van der Waals surface area contributed by atoms with E-state index in [1.807, 2.05) is 6.07 Å². The minimum absolute atomic E-state index is 0.104. The van der Waals surface area contributed by atoms with Gasteiger partial charge in [0.1, 0.15) is 6.10 Å². The minimum Gasteiger partial charge on any atom is -0.376 e. The van der Waals surface area contributed by atoms with Crippen molar-refractivity contribution < 1.29 is 9.47 Å². The van der Waals surface area contributed by atoms with Gasteiger partial charge >= 0.3 is 0 Å². The van der Waals surface area contributed by atoms with Gasteiger partial charge in [-0.25, -0.2) is 0 Å². The van der Waals surface area contributed by atoms with Crippen molar-refractivity contribution in [3.8, 4) is 0 Å². The van der Waals surface area contributed by atoms with Crippen molar-refractivity contribution in [1.82, 2.24) is 0 Å². The summed E-state index contributed by atoms with van der Waals surface area (Å²) in [4.78, 5) is 1.26. The number of thiophene rings is 1. The van der Waals surface area contributed by atoms with E-state index in [-0.39, 0.29) is 12.2 Å². The van der Waals surface area contributed by atoms with Crippen LogP contribution in [0.4, 0.5) is 0 Å². The highest BCUT2D eigenvalue weighted by Gasteiger charge is 2.24. The van der Waals surface area contributed by atoms with E-state index in [0.717, 1.165) is 6.42 Å². The zero-order valence-corrected chi connectivity index (χ0v) is 10.9. The molecule has 2 heterocycles. The normalized spacial score (nSPS) is 24.0. The molecule has 1 aromatic carbocycles. The fourth-order valence-corrected chi connectivity index (χ4v) is 2.97. The fraction of sp³-hybridized carbons (Fsp3) is 0.333. The van der Waals surface area contributed by atoms with E-state index in [2.05, 4.69) is 41.8 Å². The van der Waals surface area contributed by atoms with E-state index in [1.165, 1.54) is 10.4 Å². The molecule has 94 valence electrons. The Kier molecular flexibility index (Phi) is 3.74. The molecular weight excluding hydrogens is 244 g/mol. The van der Waals surface area contributed by atoms with Crippen LogP contribution in [0.15, 0.2) is 47.8 Å². The molecule has 0 aliphatic carbocycles. The minimum atomic E-state index is 0.104. The molecule has 0 N–H and O–H groups in total. The van der Waals surface area contributed by atoms with Gasteiger partial charge in [-0.2, -0.15) is 0 Å². The van der Waals surface area contributed by atoms with E-state index in [0.29, 0.717) is 13.2 Å². The maximum absolute atomic E-state index is 6.12. The predicted octanol–water partition coefficient (Wildman–Crippen LogP) is 3.45. The first-order valence-electron chi connectivity index (χ1n) is 6.22. The Bertz CT molecular complexity index is 467. The van der Waals surface area contributed by atoms with Crippen LogP contribution in [0.2, 0.25) is 0 Å². The molecule has 0 radical (unpaired) electrons. The molecule has 18 heavy (non-hydrogen) atoms. The van der Waals surface area contributed by atoms with Crippen molar-refractivity contribution in [2.45, 2.75) is 18.6 Å². The average molecular weight is 260 g/mol. The zero-order valence-electron chi connectivity index (χ0n) is 10.1. The molecule has 1 aliphatic heterocycles. The van der Waals surface area contributed by atoms with Crippen LogP contribution in [-0.2, 0) is 15.9 Å². The van der Waals surface area contributed by atoms with E-state index in [9.17, 15) is 0 Å². The fourth-order valence-electron chi connectivity index (χ4n) is 2.23. The second kappa shape index (κ2) is 5.65. The van der Waals surface area contributed by atoms with Gasteiger partial charge in [0.2, 0.25) is 0 Å². The molecule has 1 fully saturated rings. The quantitative estimate of drug-likeness (QED) is 0.841.